The van der Waals surface area contributed by atoms with Crippen molar-refractivity contribution >= 4 is 5.97 Å². The molecular weight excluding hydrogens is 258 g/mol. The Kier molecular flexibility index (Phi) is 4.83. The predicted octanol–water partition coefficient (Wildman–Crippen LogP) is 2.37. The van der Waals surface area contributed by atoms with Gasteiger partial charge in [0.1, 0.15) is 17.1 Å². The lowest BCUT2D eigenvalue weighted by molar-refractivity contribution is 0.0341. The van der Waals surface area contributed by atoms with E-state index in [0.29, 0.717) is 30.1 Å². The fourth-order valence-electron chi connectivity index (χ4n) is 2.63. The Morgan fingerprint density at radius 3 is 2.85 bits per heavy atom. The lowest BCUT2D eigenvalue weighted by Gasteiger charge is -2.19. The highest BCUT2D eigenvalue weighted by atomic mass is 16.5. The maximum absolute atomic E-state index is 11.5. The van der Waals surface area contributed by atoms with Gasteiger partial charge in [-0.25, -0.2) is 4.79 Å². The second-order valence-electron chi connectivity index (χ2n) is 5.52. The van der Waals surface area contributed by atoms with E-state index in [4.69, 9.17) is 13.9 Å². The molecule has 1 saturated heterocycles. The second-order valence-corrected chi connectivity index (χ2v) is 5.52. The molecular formula is C15H23NO4. The number of esters is 1. The molecule has 5 nitrogen and oxygen atoms in total. The summed E-state index contributed by atoms with van der Waals surface area (Å²) in [4.78, 5) is 13.7. The summed E-state index contributed by atoms with van der Waals surface area (Å²) in [5.74, 6) is 1.02. The van der Waals surface area contributed by atoms with Gasteiger partial charge >= 0.3 is 5.97 Å². The van der Waals surface area contributed by atoms with Crippen LogP contribution in [0.25, 0.3) is 0 Å². The first-order valence-electron chi connectivity index (χ1n) is 7.01. The first kappa shape index (κ1) is 15.1. The Morgan fingerprint density at radius 1 is 1.50 bits per heavy atom. The zero-order valence-electron chi connectivity index (χ0n) is 12.6. The quantitative estimate of drug-likeness (QED) is 0.776. The molecule has 112 valence electrons. The molecule has 1 aromatic heterocycles. The molecule has 5 heteroatoms. The zero-order valence-corrected chi connectivity index (χ0v) is 12.6. The van der Waals surface area contributed by atoms with E-state index in [2.05, 4.69) is 11.8 Å². The molecule has 1 fully saturated rings. The van der Waals surface area contributed by atoms with Gasteiger partial charge in [-0.05, 0) is 39.8 Å². The Balaban J connectivity index is 1.91. The SMILES string of the molecule is COC(=O)c1cc(CN(C)C[C@H]2CC[C@@H](C)O2)oc1C. The molecule has 0 bridgehead atoms. The minimum atomic E-state index is -0.354. The van der Waals surface area contributed by atoms with E-state index in [1.807, 2.05) is 7.05 Å². The van der Waals surface area contributed by atoms with E-state index in [0.717, 1.165) is 25.1 Å². The van der Waals surface area contributed by atoms with E-state index < -0.39 is 0 Å². The molecule has 2 atom stereocenters. The van der Waals surface area contributed by atoms with Crippen molar-refractivity contribution in [1.29, 1.82) is 0 Å². The Bertz CT molecular complexity index is 468. The van der Waals surface area contributed by atoms with Gasteiger partial charge < -0.3 is 13.9 Å². The maximum atomic E-state index is 11.5. The minimum Gasteiger partial charge on any atom is -0.465 e. The number of ether oxygens (including phenoxy) is 2. The average molecular weight is 281 g/mol. The van der Waals surface area contributed by atoms with Gasteiger partial charge in [0.25, 0.3) is 0 Å². The minimum absolute atomic E-state index is 0.297. The zero-order chi connectivity index (χ0) is 14.7. The molecule has 0 spiro atoms. The highest BCUT2D eigenvalue weighted by Crippen LogP contribution is 2.21. The Hall–Kier alpha value is -1.33. The molecule has 20 heavy (non-hydrogen) atoms. The van der Waals surface area contributed by atoms with Crippen LogP contribution in [0.2, 0.25) is 0 Å². The molecule has 2 heterocycles. The molecule has 0 unspecified atom stereocenters. The van der Waals surface area contributed by atoms with Gasteiger partial charge in [0.05, 0.1) is 25.9 Å². The van der Waals surface area contributed by atoms with E-state index in [1.54, 1.807) is 13.0 Å². The summed E-state index contributed by atoms with van der Waals surface area (Å²) >= 11 is 0. The van der Waals surface area contributed by atoms with Crippen molar-refractivity contribution in [3.63, 3.8) is 0 Å². The standard InChI is InChI=1S/C15H23NO4/c1-10-5-6-12(19-10)8-16(3)9-13-7-14(11(2)20-13)15(17)18-4/h7,10,12H,5-6,8-9H2,1-4H3/t10-,12-/m1/s1. The van der Waals surface area contributed by atoms with Crippen LogP contribution in [-0.4, -0.2) is 43.8 Å². The van der Waals surface area contributed by atoms with Crippen LogP contribution < -0.4 is 0 Å². The number of nitrogens with zero attached hydrogens (tertiary/aromatic N) is 1. The van der Waals surface area contributed by atoms with Crippen LogP contribution in [0.5, 0.6) is 0 Å². The third kappa shape index (κ3) is 3.61. The number of likely N-dealkylation sites (N-methyl/N-ethyl adjacent to an activating group) is 1. The summed E-state index contributed by atoms with van der Waals surface area (Å²) in [6.45, 7) is 5.42. The molecule has 0 radical (unpaired) electrons. The maximum Gasteiger partial charge on any atom is 0.341 e. The number of hydrogen-bond acceptors (Lipinski definition) is 5. The van der Waals surface area contributed by atoms with Gasteiger partial charge in [0.15, 0.2) is 0 Å². The molecule has 0 N–H and O–H groups in total. The van der Waals surface area contributed by atoms with Crippen LogP contribution in [0, 0.1) is 6.92 Å². The number of carbonyl (C=O) groups is 1. The van der Waals surface area contributed by atoms with Crippen molar-refractivity contribution < 1.29 is 18.7 Å². The highest BCUT2D eigenvalue weighted by molar-refractivity contribution is 5.90. The second kappa shape index (κ2) is 6.41. The van der Waals surface area contributed by atoms with Crippen molar-refractivity contribution in [3.8, 4) is 0 Å². The molecule has 1 aliphatic heterocycles. The van der Waals surface area contributed by atoms with Gasteiger partial charge in [-0.2, -0.15) is 0 Å². The van der Waals surface area contributed by atoms with Crippen LogP contribution >= 0.6 is 0 Å². The lowest BCUT2D eigenvalue weighted by Crippen LogP contribution is -2.28. The number of carbonyl (C=O) groups excluding carboxylic acids is 1. The summed E-state index contributed by atoms with van der Waals surface area (Å²) < 4.78 is 16.1. The van der Waals surface area contributed by atoms with E-state index in [9.17, 15) is 4.79 Å². The summed E-state index contributed by atoms with van der Waals surface area (Å²) in [5, 5.41) is 0. The highest BCUT2D eigenvalue weighted by Gasteiger charge is 2.23. The largest absolute Gasteiger partial charge is 0.465 e. The number of methoxy groups -OCH3 is 1. The number of hydrogen-bond donors (Lipinski definition) is 0. The fraction of sp³-hybridized carbons (Fsp3) is 0.667. The first-order valence-corrected chi connectivity index (χ1v) is 7.01. The van der Waals surface area contributed by atoms with Crippen LogP contribution in [0.1, 0.15) is 41.6 Å². The van der Waals surface area contributed by atoms with Crippen LogP contribution in [0.4, 0.5) is 0 Å². The van der Waals surface area contributed by atoms with Gasteiger partial charge in [0.2, 0.25) is 0 Å². The third-order valence-corrected chi connectivity index (χ3v) is 3.64. The summed E-state index contributed by atoms with van der Waals surface area (Å²) in [6, 6.07) is 1.76. The van der Waals surface area contributed by atoms with Crippen LogP contribution in [0.15, 0.2) is 10.5 Å². The van der Waals surface area contributed by atoms with Crippen molar-refractivity contribution in [2.24, 2.45) is 0 Å². The molecule has 1 aliphatic rings. The van der Waals surface area contributed by atoms with Gasteiger partial charge in [-0.3, -0.25) is 4.90 Å². The number of furan rings is 1. The van der Waals surface area contributed by atoms with Crippen molar-refractivity contribution in [2.75, 3.05) is 20.7 Å². The number of aryl methyl sites for hydroxylation is 1. The van der Waals surface area contributed by atoms with E-state index in [1.165, 1.54) is 7.11 Å². The smallest absolute Gasteiger partial charge is 0.341 e. The van der Waals surface area contributed by atoms with Crippen molar-refractivity contribution in [3.05, 3.63) is 23.2 Å². The third-order valence-electron chi connectivity index (χ3n) is 3.64. The van der Waals surface area contributed by atoms with Crippen LogP contribution in [-0.2, 0) is 16.0 Å². The van der Waals surface area contributed by atoms with E-state index in [-0.39, 0.29) is 5.97 Å². The van der Waals surface area contributed by atoms with E-state index >= 15 is 0 Å². The monoisotopic (exact) mass is 281 g/mol. The van der Waals surface area contributed by atoms with Gasteiger partial charge in [-0.1, -0.05) is 0 Å². The Morgan fingerprint density at radius 2 is 2.25 bits per heavy atom. The van der Waals surface area contributed by atoms with Crippen LogP contribution in [0.3, 0.4) is 0 Å². The summed E-state index contributed by atoms with van der Waals surface area (Å²) in [7, 11) is 3.40. The fourth-order valence-corrected chi connectivity index (χ4v) is 2.63. The topological polar surface area (TPSA) is 51.9 Å². The lowest BCUT2D eigenvalue weighted by atomic mass is 10.2. The van der Waals surface area contributed by atoms with Gasteiger partial charge in [-0.15, -0.1) is 0 Å². The Labute approximate surface area is 119 Å². The van der Waals surface area contributed by atoms with Crippen molar-refractivity contribution in [2.45, 2.75) is 45.4 Å². The first-order chi connectivity index (χ1) is 9.49. The molecule has 0 amide bonds. The molecule has 0 aromatic carbocycles. The molecule has 0 aliphatic carbocycles. The van der Waals surface area contributed by atoms with Gasteiger partial charge in [0, 0.05) is 6.54 Å². The number of rotatable bonds is 5. The molecule has 0 saturated carbocycles. The normalized spacial score (nSPS) is 22.4. The molecule has 1 aromatic rings. The summed E-state index contributed by atoms with van der Waals surface area (Å²) in [6.07, 6.45) is 2.90. The predicted molar refractivity (Wildman–Crippen MR) is 74.7 cm³/mol. The average Bonchev–Trinajstić information content (AvgIpc) is 2.94. The molecule has 2 rings (SSSR count). The van der Waals surface area contributed by atoms with Crippen molar-refractivity contribution in [1.82, 2.24) is 4.90 Å². The summed E-state index contributed by atoms with van der Waals surface area (Å²) in [5.41, 5.74) is 0.502.